The van der Waals surface area contributed by atoms with E-state index >= 15 is 0 Å². The molecule has 1 aromatic carbocycles. The Kier molecular flexibility index (Phi) is 4.91. The SMILES string of the molecule is COc1ccc([C@H](O)C/[N+]([O-])=C/c2ncc([N+](=O)[O-])n2C)cc1. The Morgan fingerprint density at radius 1 is 1.39 bits per heavy atom. The lowest BCUT2D eigenvalue weighted by Gasteiger charge is -2.11. The Morgan fingerprint density at radius 3 is 2.57 bits per heavy atom. The first-order valence-corrected chi connectivity index (χ1v) is 6.69. The van der Waals surface area contributed by atoms with Gasteiger partial charge in [0.15, 0.2) is 6.54 Å². The first-order chi connectivity index (χ1) is 10.9. The number of nitrogens with zero attached hydrogens (tertiary/aromatic N) is 4. The zero-order valence-electron chi connectivity index (χ0n) is 12.6. The van der Waals surface area contributed by atoms with Gasteiger partial charge in [-0.05, 0) is 22.6 Å². The summed E-state index contributed by atoms with van der Waals surface area (Å²) in [6.45, 7) is -0.229. The van der Waals surface area contributed by atoms with E-state index in [2.05, 4.69) is 4.98 Å². The number of hydrogen-bond donors (Lipinski definition) is 1. The Bertz CT molecular complexity index is 723. The largest absolute Gasteiger partial charge is 0.624 e. The van der Waals surface area contributed by atoms with Gasteiger partial charge >= 0.3 is 5.82 Å². The molecule has 1 aromatic heterocycles. The van der Waals surface area contributed by atoms with E-state index in [1.807, 2.05) is 0 Å². The summed E-state index contributed by atoms with van der Waals surface area (Å²) in [4.78, 5) is 13.9. The van der Waals surface area contributed by atoms with Gasteiger partial charge < -0.3 is 25.2 Å². The van der Waals surface area contributed by atoms with Crippen LogP contribution in [0.25, 0.3) is 0 Å². The lowest BCUT2D eigenvalue weighted by molar-refractivity contribution is -0.465. The van der Waals surface area contributed by atoms with Crippen LogP contribution in [0.15, 0.2) is 30.5 Å². The topological polar surface area (TPSA) is 116 Å². The van der Waals surface area contributed by atoms with Crippen LogP contribution in [-0.4, -0.2) is 44.2 Å². The van der Waals surface area contributed by atoms with Gasteiger partial charge in [0.05, 0.1) is 14.2 Å². The molecule has 0 amide bonds. The minimum Gasteiger partial charge on any atom is -0.624 e. The van der Waals surface area contributed by atoms with E-state index in [1.54, 1.807) is 24.3 Å². The van der Waals surface area contributed by atoms with Crippen LogP contribution in [0.3, 0.4) is 0 Å². The van der Waals surface area contributed by atoms with Gasteiger partial charge in [-0.2, -0.15) is 0 Å². The average molecular weight is 320 g/mol. The number of aliphatic hydroxyl groups is 1. The minimum absolute atomic E-state index is 0.133. The van der Waals surface area contributed by atoms with E-state index < -0.39 is 11.0 Å². The maximum atomic E-state index is 11.9. The molecular weight excluding hydrogens is 304 g/mol. The van der Waals surface area contributed by atoms with Crippen molar-refractivity contribution >= 4 is 12.0 Å². The quantitative estimate of drug-likeness (QED) is 0.279. The maximum absolute atomic E-state index is 11.9. The lowest BCUT2D eigenvalue weighted by atomic mass is 10.1. The summed E-state index contributed by atoms with van der Waals surface area (Å²) in [5.41, 5.74) is 0.561. The zero-order chi connectivity index (χ0) is 17.0. The molecule has 122 valence electrons. The summed E-state index contributed by atoms with van der Waals surface area (Å²) in [5, 5.41) is 32.7. The van der Waals surface area contributed by atoms with Gasteiger partial charge in [0.1, 0.15) is 18.1 Å². The summed E-state index contributed by atoms with van der Waals surface area (Å²) >= 11 is 0. The summed E-state index contributed by atoms with van der Waals surface area (Å²) in [6, 6.07) is 6.67. The van der Waals surface area contributed by atoms with Crippen LogP contribution < -0.4 is 4.74 Å². The van der Waals surface area contributed by atoms with Crippen molar-refractivity contribution in [2.45, 2.75) is 6.10 Å². The van der Waals surface area contributed by atoms with Crippen LogP contribution in [0.2, 0.25) is 0 Å². The van der Waals surface area contributed by atoms with E-state index in [0.29, 0.717) is 16.1 Å². The summed E-state index contributed by atoms with van der Waals surface area (Å²) in [5.74, 6) is 0.556. The molecule has 2 rings (SSSR count). The van der Waals surface area contributed by atoms with Crippen LogP contribution in [-0.2, 0) is 7.05 Å². The van der Waals surface area contributed by atoms with Crippen LogP contribution in [0.4, 0.5) is 5.82 Å². The van der Waals surface area contributed by atoms with Crippen molar-refractivity contribution in [3.63, 3.8) is 0 Å². The number of nitro groups is 1. The van der Waals surface area contributed by atoms with Crippen LogP contribution in [0.5, 0.6) is 5.75 Å². The summed E-state index contributed by atoms with van der Waals surface area (Å²) in [7, 11) is 2.97. The molecule has 1 atom stereocenters. The standard InChI is InChI=1S/C14H16N4O5/c1-16-13(15-7-14(16)18(21)22)9-17(20)8-12(19)10-3-5-11(23-2)6-4-10/h3-7,9,12,19H,8H2,1-2H3/b17-9-/t12-/m1/s1. The molecule has 0 spiro atoms. The van der Waals surface area contributed by atoms with Crippen molar-refractivity contribution in [3.05, 3.63) is 57.2 Å². The van der Waals surface area contributed by atoms with E-state index in [9.17, 15) is 20.4 Å². The molecular formula is C14H16N4O5. The fraction of sp³-hybridized carbons (Fsp3) is 0.286. The van der Waals surface area contributed by atoms with Crippen molar-refractivity contribution in [2.24, 2.45) is 7.05 Å². The number of hydroxylamine groups is 1. The van der Waals surface area contributed by atoms with E-state index in [4.69, 9.17) is 4.74 Å². The normalized spacial score (nSPS) is 12.9. The highest BCUT2D eigenvalue weighted by atomic mass is 16.6. The molecule has 1 heterocycles. The Hall–Kier alpha value is -2.94. The number of aliphatic hydroxyl groups excluding tert-OH is 1. The fourth-order valence-corrected chi connectivity index (χ4v) is 1.99. The predicted octanol–water partition coefficient (Wildman–Crippen LogP) is 1.000. The molecule has 2 aromatic rings. The Morgan fingerprint density at radius 2 is 2.04 bits per heavy atom. The highest BCUT2D eigenvalue weighted by Crippen LogP contribution is 2.17. The maximum Gasteiger partial charge on any atom is 0.343 e. The molecule has 0 bridgehead atoms. The number of rotatable bonds is 6. The molecule has 0 aliphatic carbocycles. The Labute approximate surface area is 131 Å². The van der Waals surface area contributed by atoms with Gasteiger partial charge in [0, 0.05) is 0 Å². The second-order valence-corrected chi connectivity index (χ2v) is 4.81. The van der Waals surface area contributed by atoms with Crippen molar-refractivity contribution in [2.75, 3.05) is 13.7 Å². The van der Waals surface area contributed by atoms with E-state index in [0.717, 1.165) is 12.4 Å². The number of aromatic nitrogens is 2. The smallest absolute Gasteiger partial charge is 0.343 e. The molecule has 9 nitrogen and oxygen atoms in total. The molecule has 9 heteroatoms. The molecule has 1 N–H and O–H groups in total. The first kappa shape index (κ1) is 16.4. The third kappa shape index (κ3) is 3.83. The highest BCUT2D eigenvalue weighted by molar-refractivity contribution is 5.71. The van der Waals surface area contributed by atoms with Crippen molar-refractivity contribution < 1.29 is 19.5 Å². The molecule has 0 aliphatic rings. The molecule has 0 radical (unpaired) electrons. The Balaban J connectivity index is 2.10. The molecule has 0 unspecified atom stereocenters. The van der Waals surface area contributed by atoms with Gasteiger partial charge in [-0.25, -0.2) is 14.3 Å². The number of hydrogen-bond acceptors (Lipinski definition) is 6. The monoisotopic (exact) mass is 320 g/mol. The summed E-state index contributed by atoms with van der Waals surface area (Å²) < 4.78 is 6.69. The van der Waals surface area contributed by atoms with Gasteiger partial charge in [0.25, 0.3) is 5.82 Å². The predicted molar refractivity (Wildman–Crippen MR) is 81.5 cm³/mol. The van der Waals surface area contributed by atoms with E-state index in [1.165, 1.54) is 18.7 Å². The molecule has 0 saturated heterocycles. The second-order valence-electron chi connectivity index (χ2n) is 4.81. The molecule has 0 aliphatic heterocycles. The lowest BCUT2D eigenvalue weighted by Crippen LogP contribution is -2.17. The fourth-order valence-electron chi connectivity index (χ4n) is 1.99. The minimum atomic E-state index is -1.01. The van der Waals surface area contributed by atoms with Gasteiger partial charge in [-0.15, -0.1) is 0 Å². The average Bonchev–Trinajstić information content (AvgIpc) is 2.88. The van der Waals surface area contributed by atoms with Crippen LogP contribution in [0.1, 0.15) is 17.5 Å². The van der Waals surface area contributed by atoms with Crippen molar-refractivity contribution in [3.8, 4) is 5.75 Å². The highest BCUT2D eigenvalue weighted by Gasteiger charge is 2.18. The molecule has 0 saturated carbocycles. The first-order valence-electron chi connectivity index (χ1n) is 6.69. The third-order valence-electron chi connectivity index (χ3n) is 3.30. The van der Waals surface area contributed by atoms with Crippen LogP contribution in [0, 0.1) is 15.3 Å². The number of ether oxygens (including phenoxy) is 1. The number of benzene rings is 1. The van der Waals surface area contributed by atoms with Gasteiger partial charge in [-0.3, -0.25) is 0 Å². The van der Waals surface area contributed by atoms with E-state index in [-0.39, 0.29) is 18.2 Å². The van der Waals surface area contributed by atoms with Gasteiger partial charge in [0.2, 0.25) is 6.21 Å². The van der Waals surface area contributed by atoms with Gasteiger partial charge in [-0.1, -0.05) is 12.1 Å². The zero-order valence-corrected chi connectivity index (χ0v) is 12.6. The molecule has 23 heavy (non-hydrogen) atoms. The van der Waals surface area contributed by atoms with Crippen molar-refractivity contribution in [1.29, 1.82) is 0 Å². The van der Waals surface area contributed by atoms with Crippen LogP contribution >= 0.6 is 0 Å². The number of methoxy groups -OCH3 is 1. The van der Waals surface area contributed by atoms with Crippen molar-refractivity contribution in [1.82, 2.24) is 9.55 Å². The number of imidazole rings is 1. The summed E-state index contributed by atoms with van der Waals surface area (Å²) in [6.07, 6.45) is 1.16. The third-order valence-corrected chi connectivity index (χ3v) is 3.30. The molecule has 0 fully saturated rings. The second kappa shape index (κ2) is 6.88.